The molecule has 1 amide bonds. The van der Waals surface area contributed by atoms with Crippen molar-refractivity contribution < 1.29 is 9.90 Å². The third kappa shape index (κ3) is 2.87. The molecule has 1 aromatic rings. The van der Waals surface area contributed by atoms with Gasteiger partial charge in [0.05, 0.1) is 6.10 Å². The van der Waals surface area contributed by atoms with Gasteiger partial charge < -0.3 is 10.0 Å². The van der Waals surface area contributed by atoms with Crippen molar-refractivity contribution in [2.24, 2.45) is 0 Å². The summed E-state index contributed by atoms with van der Waals surface area (Å²) in [4.78, 5) is 15.3. The summed E-state index contributed by atoms with van der Waals surface area (Å²) < 4.78 is 0. The minimum atomic E-state index is -0.369. The number of likely N-dealkylation sites (tertiary alicyclic amines) is 1. The Morgan fingerprint density at radius 2 is 2.28 bits per heavy atom. The minimum absolute atomic E-state index is 0.0437. The van der Waals surface area contributed by atoms with Crippen molar-refractivity contribution in [1.29, 1.82) is 0 Å². The first-order chi connectivity index (χ1) is 8.61. The zero-order valence-corrected chi connectivity index (χ0v) is 11.7. The van der Waals surface area contributed by atoms with E-state index in [1.165, 1.54) is 0 Å². The number of aryl methyl sites for hydroxylation is 1. The van der Waals surface area contributed by atoms with Gasteiger partial charge in [0, 0.05) is 23.5 Å². The molecule has 1 heterocycles. The van der Waals surface area contributed by atoms with Crippen LogP contribution in [0.15, 0.2) is 23.1 Å². The molecule has 1 aliphatic rings. The number of amides is 1. The molecule has 98 valence electrons. The topological polar surface area (TPSA) is 40.5 Å². The molecule has 0 bridgehead atoms. The van der Waals surface area contributed by atoms with Gasteiger partial charge in [0.2, 0.25) is 0 Å². The molecule has 18 heavy (non-hydrogen) atoms. The zero-order valence-electron chi connectivity index (χ0n) is 10.8. The highest BCUT2D eigenvalue weighted by Gasteiger charge is 2.24. The van der Waals surface area contributed by atoms with Crippen molar-refractivity contribution in [3.05, 3.63) is 29.3 Å². The van der Waals surface area contributed by atoms with Gasteiger partial charge in [0.25, 0.3) is 5.91 Å². The molecule has 1 unspecified atom stereocenters. The maximum absolute atomic E-state index is 12.4. The van der Waals surface area contributed by atoms with E-state index in [1.54, 1.807) is 16.7 Å². The number of carbonyl (C=O) groups is 1. The van der Waals surface area contributed by atoms with E-state index in [0.717, 1.165) is 35.4 Å². The molecule has 1 aromatic carbocycles. The summed E-state index contributed by atoms with van der Waals surface area (Å²) in [5.41, 5.74) is 1.76. The number of nitrogens with zero attached hydrogens (tertiary/aromatic N) is 1. The van der Waals surface area contributed by atoms with Crippen molar-refractivity contribution in [3.63, 3.8) is 0 Å². The van der Waals surface area contributed by atoms with Gasteiger partial charge in [-0.3, -0.25) is 4.79 Å². The van der Waals surface area contributed by atoms with Gasteiger partial charge in [-0.15, -0.1) is 11.8 Å². The van der Waals surface area contributed by atoms with Gasteiger partial charge in [0.1, 0.15) is 0 Å². The summed E-state index contributed by atoms with van der Waals surface area (Å²) in [5, 5.41) is 9.65. The molecule has 4 heteroatoms. The number of thioether (sulfide) groups is 1. The first-order valence-corrected chi connectivity index (χ1v) is 7.46. The molecule has 1 saturated heterocycles. The first-order valence-electron chi connectivity index (χ1n) is 6.24. The molecular weight excluding hydrogens is 246 g/mol. The lowest BCUT2D eigenvalue weighted by molar-refractivity contribution is 0.0473. The Kier molecular flexibility index (Phi) is 4.30. The van der Waals surface area contributed by atoms with E-state index in [0.29, 0.717) is 6.54 Å². The van der Waals surface area contributed by atoms with Crippen molar-refractivity contribution in [2.75, 3.05) is 19.3 Å². The quantitative estimate of drug-likeness (QED) is 0.834. The van der Waals surface area contributed by atoms with E-state index in [4.69, 9.17) is 0 Å². The van der Waals surface area contributed by atoms with Gasteiger partial charge in [-0.1, -0.05) is 6.07 Å². The second kappa shape index (κ2) is 5.76. The first kappa shape index (κ1) is 13.4. The predicted octanol–water partition coefficient (Wildman–Crippen LogP) is 2.31. The van der Waals surface area contributed by atoms with Gasteiger partial charge in [0.15, 0.2) is 0 Å². The van der Waals surface area contributed by atoms with Crippen molar-refractivity contribution in [2.45, 2.75) is 30.8 Å². The average molecular weight is 265 g/mol. The van der Waals surface area contributed by atoms with Crippen LogP contribution < -0.4 is 0 Å². The second-order valence-corrected chi connectivity index (χ2v) is 5.61. The van der Waals surface area contributed by atoms with E-state index < -0.39 is 0 Å². The second-order valence-electron chi connectivity index (χ2n) is 4.73. The van der Waals surface area contributed by atoms with E-state index in [-0.39, 0.29) is 12.0 Å². The Morgan fingerprint density at radius 3 is 2.94 bits per heavy atom. The minimum Gasteiger partial charge on any atom is -0.391 e. The molecule has 3 nitrogen and oxygen atoms in total. The molecule has 0 saturated carbocycles. The van der Waals surface area contributed by atoms with Crippen LogP contribution in [0.5, 0.6) is 0 Å². The summed E-state index contributed by atoms with van der Waals surface area (Å²) in [5.74, 6) is 0.0437. The molecule has 2 rings (SSSR count). The normalized spacial score (nSPS) is 19.9. The van der Waals surface area contributed by atoms with Crippen LogP contribution in [0.4, 0.5) is 0 Å². The summed E-state index contributed by atoms with van der Waals surface area (Å²) in [7, 11) is 0. The number of hydrogen-bond donors (Lipinski definition) is 1. The summed E-state index contributed by atoms with van der Waals surface area (Å²) >= 11 is 1.64. The highest BCUT2D eigenvalue weighted by atomic mass is 32.2. The number of benzene rings is 1. The number of aliphatic hydroxyl groups excluding tert-OH is 1. The zero-order chi connectivity index (χ0) is 13.1. The SMILES string of the molecule is CSc1ccc(C)c(C(=O)N2CCCC(O)C2)c1. The Bertz CT molecular complexity index is 447. The van der Waals surface area contributed by atoms with Crippen LogP contribution in [0.3, 0.4) is 0 Å². The lowest BCUT2D eigenvalue weighted by Gasteiger charge is -2.30. The third-order valence-electron chi connectivity index (χ3n) is 3.36. The highest BCUT2D eigenvalue weighted by molar-refractivity contribution is 7.98. The third-order valence-corrected chi connectivity index (χ3v) is 4.08. The van der Waals surface area contributed by atoms with Crippen LogP contribution in [0, 0.1) is 6.92 Å². The van der Waals surface area contributed by atoms with Crippen LogP contribution >= 0.6 is 11.8 Å². The molecule has 1 aliphatic heterocycles. The van der Waals surface area contributed by atoms with Crippen LogP contribution in [0.1, 0.15) is 28.8 Å². The summed E-state index contributed by atoms with van der Waals surface area (Å²) in [6, 6.07) is 5.96. The number of aliphatic hydroxyl groups is 1. The van der Waals surface area contributed by atoms with Gasteiger partial charge in [-0.05, 0) is 43.7 Å². The van der Waals surface area contributed by atoms with E-state index in [9.17, 15) is 9.90 Å². The molecule has 1 atom stereocenters. The maximum Gasteiger partial charge on any atom is 0.254 e. The predicted molar refractivity (Wildman–Crippen MR) is 74.1 cm³/mol. The van der Waals surface area contributed by atoms with Crippen molar-refractivity contribution in [3.8, 4) is 0 Å². The fourth-order valence-corrected chi connectivity index (χ4v) is 2.71. The van der Waals surface area contributed by atoms with Crippen LogP contribution in [0.25, 0.3) is 0 Å². The molecule has 0 aliphatic carbocycles. The molecule has 1 N–H and O–H groups in total. The number of hydrogen-bond acceptors (Lipinski definition) is 3. The Hall–Kier alpha value is -1.00. The smallest absolute Gasteiger partial charge is 0.254 e. The summed E-state index contributed by atoms with van der Waals surface area (Å²) in [6.45, 7) is 3.16. The molecular formula is C14H19NO2S. The van der Waals surface area contributed by atoms with Crippen LogP contribution in [-0.4, -0.2) is 41.4 Å². The lowest BCUT2D eigenvalue weighted by Crippen LogP contribution is -2.42. The van der Waals surface area contributed by atoms with Gasteiger partial charge in [-0.25, -0.2) is 0 Å². The number of β-amino-alcohol motifs (C(OH)–C–C–N with tert-alkyl or cyclic N) is 1. The molecule has 0 radical (unpaired) electrons. The van der Waals surface area contributed by atoms with Gasteiger partial charge >= 0.3 is 0 Å². The van der Waals surface area contributed by atoms with E-state index >= 15 is 0 Å². The largest absolute Gasteiger partial charge is 0.391 e. The van der Waals surface area contributed by atoms with Crippen LogP contribution in [0.2, 0.25) is 0 Å². The average Bonchev–Trinajstić information content (AvgIpc) is 2.38. The highest BCUT2D eigenvalue weighted by Crippen LogP contribution is 2.21. The maximum atomic E-state index is 12.4. The van der Waals surface area contributed by atoms with Crippen molar-refractivity contribution >= 4 is 17.7 Å². The number of carbonyl (C=O) groups excluding carboxylic acids is 1. The molecule has 1 fully saturated rings. The Morgan fingerprint density at radius 1 is 1.50 bits per heavy atom. The number of piperidine rings is 1. The monoisotopic (exact) mass is 265 g/mol. The fraction of sp³-hybridized carbons (Fsp3) is 0.500. The number of rotatable bonds is 2. The fourth-order valence-electron chi connectivity index (χ4n) is 2.27. The molecule has 0 spiro atoms. The summed E-state index contributed by atoms with van der Waals surface area (Å²) in [6.07, 6.45) is 3.32. The Labute approximate surface area is 112 Å². The van der Waals surface area contributed by atoms with E-state index in [1.807, 2.05) is 31.4 Å². The van der Waals surface area contributed by atoms with Crippen molar-refractivity contribution in [1.82, 2.24) is 4.90 Å². The van der Waals surface area contributed by atoms with Gasteiger partial charge in [-0.2, -0.15) is 0 Å². The molecule has 0 aromatic heterocycles. The standard InChI is InChI=1S/C14H19NO2S/c1-10-5-6-12(18-2)8-13(10)14(17)15-7-3-4-11(16)9-15/h5-6,8,11,16H,3-4,7,9H2,1-2H3. The van der Waals surface area contributed by atoms with E-state index in [2.05, 4.69) is 0 Å². The Balaban J connectivity index is 2.22. The van der Waals surface area contributed by atoms with Crippen LogP contribution in [-0.2, 0) is 0 Å². The lowest BCUT2D eigenvalue weighted by atomic mass is 10.0.